The number of hydrogen-bond acceptors (Lipinski definition) is 5. The highest BCUT2D eigenvalue weighted by Crippen LogP contribution is 2.21. The number of unbranched alkanes of at least 4 members (excludes halogenated alkanes) is 1. The Hall–Kier alpha value is -0.450. The second-order valence-corrected chi connectivity index (χ2v) is 8.36. The normalized spacial score (nSPS) is 19.2. The minimum atomic E-state index is 0. The highest BCUT2D eigenvalue weighted by molar-refractivity contribution is 14.0. The molecule has 0 saturated carbocycles. The predicted molar refractivity (Wildman–Crippen MR) is 130 cm³/mol. The van der Waals surface area contributed by atoms with Gasteiger partial charge in [0, 0.05) is 39.2 Å². The van der Waals surface area contributed by atoms with E-state index in [9.17, 15) is 0 Å². The van der Waals surface area contributed by atoms with Crippen LogP contribution in [0.2, 0.25) is 0 Å². The molecule has 1 aromatic rings. The van der Waals surface area contributed by atoms with Crippen LogP contribution in [0, 0.1) is 0 Å². The maximum Gasteiger partial charge on any atom is 0.193 e. The molecule has 6 nitrogen and oxygen atoms in total. The van der Waals surface area contributed by atoms with Crippen molar-refractivity contribution in [2.75, 3.05) is 40.8 Å². The highest BCUT2D eigenvalue weighted by Gasteiger charge is 2.17. The summed E-state index contributed by atoms with van der Waals surface area (Å²) in [6, 6.07) is 0.759. The molecule has 2 rings (SSSR count). The molecule has 1 fully saturated rings. The standard InChI is InChI=1S/C20H37N5OS.HI/c1-16-10-6-8-12-25(16)13-9-7-11-22-20(21-3)24(4)14-18-15-27-19(23-18)17(2)26-5;/h15-17H,6-14H2,1-5H3,(H,21,22);1H. The number of hydrogen-bond donors (Lipinski definition) is 1. The molecule has 1 saturated heterocycles. The van der Waals surface area contributed by atoms with Gasteiger partial charge in [0.25, 0.3) is 0 Å². The molecule has 28 heavy (non-hydrogen) atoms. The van der Waals surface area contributed by atoms with Crippen molar-refractivity contribution in [2.24, 2.45) is 4.99 Å². The lowest BCUT2D eigenvalue weighted by Crippen LogP contribution is -2.40. The largest absolute Gasteiger partial charge is 0.375 e. The maximum absolute atomic E-state index is 5.34. The first-order valence-electron chi connectivity index (χ1n) is 10.2. The van der Waals surface area contributed by atoms with Crippen molar-refractivity contribution < 1.29 is 4.74 Å². The smallest absolute Gasteiger partial charge is 0.193 e. The van der Waals surface area contributed by atoms with E-state index in [1.165, 1.54) is 45.2 Å². The van der Waals surface area contributed by atoms with E-state index in [0.29, 0.717) is 0 Å². The van der Waals surface area contributed by atoms with Gasteiger partial charge in [-0.1, -0.05) is 6.42 Å². The summed E-state index contributed by atoms with van der Waals surface area (Å²) in [6.07, 6.45) is 6.57. The van der Waals surface area contributed by atoms with Crippen molar-refractivity contribution in [2.45, 2.75) is 64.6 Å². The van der Waals surface area contributed by atoms with E-state index in [-0.39, 0.29) is 30.1 Å². The first kappa shape index (κ1) is 25.6. The molecule has 1 N–H and O–H groups in total. The van der Waals surface area contributed by atoms with Crippen LogP contribution in [0.4, 0.5) is 0 Å². The Balaban J connectivity index is 0.00000392. The first-order valence-corrected chi connectivity index (χ1v) is 11.1. The molecule has 0 aromatic carbocycles. The van der Waals surface area contributed by atoms with E-state index >= 15 is 0 Å². The zero-order valence-electron chi connectivity index (χ0n) is 18.1. The van der Waals surface area contributed by atoms with Crippen LogP contribution in [0.1, 0.15) is 62.8 Å². The van der Waals surface area contributed by atoms with Gasteiger partial charge in [0.05, 0.1) is 12.2 Å². The van der Waals surface area contributed by atoms with Crippen molar-refractivity contribution in [3.63, 3.8) is 0 Å². The average molecular weight is 524 g/mol. The number of ether oxygens (including phenoxy) is 1. The summed E-state index contributed by atoms with van der Waals surface area (Å²) in [5.41, 5.74) is 1.06. The number of nitrogens with zero attached hydrogens (tertiary/aromatic N) is 4. The number of nitrogens with one attached hydrogen (secondary N) is 1. The van der Waals surface area contributed by atoms with E-state index < -0.39 is 0 Å². The lowest BCUT2D eigenvalue weighted by atomic mass is 10.0. The summed E-state index contributed by atoms with van der Waals surface area (Å²) in [5, 5.41) is 6.62. The molecule has 2 unspecified atom stereocenters. The lowest BCUT2D eigenvalue weighted by Gasteiger charge is -2.33. The molecular formula is C20H38IN5OS. The molecule has 1 aromatic heterocycles. The molecule has 0 radical (unpaired) electrons. The van der Waals surface area contributed by atoms with Gasteiger partial charge >= 0.3 is 0 Å². The SMILES string of the molecule is CN=C(NCCCCN1CCCCC1C)N(C)Cc1csc(C(C)OC)n1.I. The minimum absolute atomic E-state index is 0. The third-order valence-corrected chi connectivity index (χ3v) is 6.39. The number of methoxy groups -OCH3 is 1. The van der Waals surface area contributed by atoms with Gasteiger partial charge in [0.2, 0.25) is 0 Å². The molecule has 2 heterocycles. The quantitative estimate of drug-likeness (QED) is 0.228. The predicted octanol–water partition coefficient (Wildman–Crippen LogP) is 4.13. The molecule has 0 aliphatic carbocycles. The van der Waals surface area contributed by atoms with Crippen LogP contribution in [-0.4, -0.2) is 67.6 Å². The van der Waals surface area contributed by atoms with E-state index in [2.05, 4.69) is 44.4 Å². The summed E-state index contributed by atoms with van der Waals surface area (Å²) < 4.78 is 5.34. The third kappa shape index (κ3) is 8.12. The fraction of sp³-hybridized carbons (Fsp3) is 0.800. The average Bonchev–Trinajstić information content (AvgIpc) is 3.13. The molecule has 2 atom stereocenters. The Morgan fingerprint density at radius 1 is 1.46 bits per heavy atom. The van der Waals surface area contributed by atoms with Crippen molar-refractivity contribution in [1.82, 2.24) is 20.1 Å². The van der Waals surface area contributed by atoms with Crippen LogP contribution in [0.3, 0.4) is 0 Å². The number of aliphatic imine (C=N–C) groups is 1. The number of likely N-dealkylation sites (tertiary alicyclic amines) is 1. The second-order valence-electron chi connectivity index (χ2n) is 7.47. The van der Waals surface area contributed by atoms with Gasteiger partial charge in [-0.05, 0) is 52.6 Å². The van der Waals surface area contributed by atoms with Crippen LogP contribution in [0.15, 0.2) is 10.4 Å². The van der Waals surface area contributed by atoms with Gasteiger partial charge in [0.15, 0.2) is 5.96 Å². The fourth-order valence-electron chi connectivity index (χ4n) is 3.52. The van der Waals surface area contributed by atoms with Crippen molar-refractivity contribution >= 4 is 41.3 Å². The lowest BCUT2D eigenvalue weighted by molar-refractivity contribution is 0.119. The summed E-state index contributed by atoms with van der Waals surface area (Å²) >= 11 is 1.65. The minimum Gasteiger partial charge on any atom is -0.375 e. The molecule has 1 aliphatic heterocycles. The van der Waals surface area contributed by atoms with E-state index in [0.717, 1.165) is 35.8 Å². The molecule has 1 aliphatic rings. The van der Waals surface area contributed by atoms with Crippen LogP contribution in [0.5, 0.6) is 0 Å². The Bertz CT molecular complexity index is 583. The van der Waals surface area contributed by atoms with Gasteiger partial charge in [-0.15, -0.1) is 35.3 Å². The van der Waals surface area contributed by atoms with E-state index in [1.807, 2.05) is 14.0 Å². The number of piperidine rings is 1. The van der Waals surface area contributed by atoms with Crippen LogP contribution in [-0.2, 0) is 11.3 Å². The van der Waals surface area contributed by atoms with Crippen LogP contribution in [0.25, 0.3) is 0 Å². The summed E-state index contributed by atoms with van der Waals surface area (Å²) in [4.78, 5) is 13.9. The Labute approximate surface area is 192 Å². The zero-order valence-corrected chi connectivity index (χ0v) is 21.3. The van der Waals surface area contributed by atoms with Crippen molar-refractivity contribution in [1.29, 1.82) is 0 Å². The number of thiazole rings is 1. The van der Waals surface area contributed by atoms with Gasteiger partial charge in [0.1, 0.15) is 11.1 Å². The monoisotopic (exact) mass is 523 g/mol. The summed E-state index contributed by atoms with van der Waals surface area (Å²) in [7, 11) is 5.62. The molecule has 0 spiro atoms. The number of halogens is 1. The zero-order chi connectivity index (χ0) is 19.6. The maximum atomic E-state index is 5.34. The van der Waals surface area contributed by atoms with Gasteiger partial charge in [-0.2, -0.15) is 0 Å². The first-order chi connectivity index (χ1) is 13.0. The Morgan fingerprint density at radius 3 is 2.93 bits per heavy atom. The number of aromatic nitrogens is 1. The fourth-order valence-corrected chi connectivity index (χ4v) is 4.36. The topological polar surface area (TPSA) is 53.0 Å². The van der Waals surface area contributed by atoms with Crippen LogP contribution < -0.4 is 5.32 Å². The van der Waals surface area contributed by atoms with E-state index in [4.69, 9.17) is 4.74 Å². The second kappa shape index (κ2) is 13.7. The van der Waals surface area contributed by atoms with Crippen LogP contribution >= 0.6 is 35.3 Å². The summed E-state index contributed by atoms with van der Waals surface area (Å²) in [5.74, 6) is 0.927. The van der Waals surface area contributed by atoms with Gasteiger partial charge in [-0.25, -0.2) is 4.98 Å². The molecule has 0 amide bonds. The van der Waals surface area contributed by atoms with Crippen molar-refractivity contribution in [3.05, 3.63) is 16.1 Å². The Kier molecular flexibility index (Phi) is 12.5. The summed E-state index contributed by atoms with van der Waals surface area (Å²) in [6.45, 7) is 8.59. The molecule has 0 bridgehead atoms. The highest BCUT2D eigenvalue weighted by atomic mass is 127. The molecule has 8 heteroatoms. The molecular weight excluding hydrogens is 485 g/mol. The molecule has 162 valence electrons. The van der Waals surface area contributed by atoms with Gasteiger partial charge in [-0.3, -0.25) is 4.99 Å². The Morgan fingerprint density at radius 2 is 2.25 bits per heavy atom. The van der Waals surface area contributed by atoms with Gasteiger partial charge < -0.3 is 19.9 Å². The van der Waals surface area contributed by atoms with E-state index in [1.54, 1.807) is 18.4 Å². The third-order valence-electron chi connectivity index (χ3n) is 5.34. The number of rotatable bonds is 9. The number of guanidine groups is 1. The van der Waals surface area contributed by atoms with Crippen molar-refractivity contribution in [3.8, 4) is 0 Å².